The van der Waals surface area contributed by atoms with E-state index < -0.39 is 10.0 Å². The van der Waals surface area contributed by atoms with E-state index in [0.717, 1.165) is 11.1 Å². The number of nitrogens with zero attached hydrogens (tertiary/aromatic N) is 3. The smallest absolute Gasteiger partial charge is 0.261 e. The zero-order valence-electron chi connectivity index (χ0n) is 11.6. The van der Waals surface area contributed by atoms with Crippen LogP contribution in [0.2, 0.25) is 0 Å². The van der Waals surface area contributed by atoms with Crippen LogP contribution in [0, 0.1) is 6.92 Å². The molecule has 0 saturated heterocycles. The van der Waals surface area contributed by atoms with Gasteiger partial charge >= 0.3 is 0 Å². The lowest BCUT2D eigenvalue weighted by Gasteiger charge is -2.08. The second-order valence-electron chi connectivity index (χ2n) is 4.80. The van der Waals surface area contributed by atoms with Gasteiger partial charge in [-0.25, -0.2) is 13.1 Å². The second kappa shape index (κ2) is 4.85. The fraction of sp³-hybridized carbons (Fsp3) is 0.143. The number of aryl methyl sites for hydroxylation is 2. The largest absolute Gasteiger partial charge is 0.277 e. The molecule has 0 unspecified atom stereocenters. The van der Waals surface area contributed by atoms with E-state index in [2.05, 4.69) is 15.0 Å². The molecule has 1 aromatic heterocycles. The fourth-order valence-electron chi connectivity index (χ4n) is 2.06. The van der Waals surface area contributed by atoms with Crippen molar-refractivity contribution in [2.75, 3.05) is 4.72 Å². The van der Waals surface area contributed by atoms with Gasteiger partial charge in [0.25, 0.3) is 10.0 Å². The zero-order chi connectivity index (χ0) is 15.0. The van der Waals surface area contributed by atoms with Crippen LogP contribution in [0.5, 0.6) is 0 Å². The first-order valence-electron chi connectivity index (χ1n) is 6.35. The zero-order valence-corrected chi connectivity index (χ0v) is 12.4. The number of sulfonamides is 1. The van der Waals surface area contributed by atoms with E-state index in [9.17, 15) is 8.42 Å². The Morgan fingerprint density at radius 3 is 2.52 bits per heavy atom. The van der Waals surface area contributed by atoms with E-state index in [4.69, 9.17) is 0 Å². The Labute approximate surface area is 122 Å². The predicted octanol–water partition coefficient (Wildman–Crippen LogP) is 2.08. The molecule has 0 saturated carbocycles. The van der Waals surface area contributed by atoms with E-state index in [0.29, 0.717) is 11.2 Å². The molecule has 0 spiro atoms. The predicted molar refractivity (Wildman–Crippen MR) is 80.5 cm³/mol. The summed E-state index contributed by atoms with van der Waals surface area (Å²) in [6, 6.07) is 11.9. The van der Waals surface area contributed by atoms with Crippen molar-refractivity contribution in [1.82, 2.24) is 15.0 Å². The molecule has 0 aliphatic carbocycles. The van der Waals surface area contributed by atoms with E-state index in [-0.39, 0.29) is 4.90 Å². The van der Waals surface area contributed by atoms with E-state index in [1.165, 1.54) is 0 Å². The minimum atomic E-state index is -3.64. The number of anilines is 1. The summed E-state index contributed by atoms with van der Waals surface area (Å²) in [7, 11) is -1.88. The number of rotatable bonds is 3. The molecule has 0 aliphatic heterocycles. The van der Waals surface area contributed by atoms with Gasteiger partial charge in [0.15, 0.2) is 0 Å². The van der Waals surface area contributed by atoms with Crippen molar-refractivity contribution in [2.45, 2.75) is 11.8 Å². The van der Waals surface area contributed by atoms with Gasteiger partial charge in [0.1, 0.15) is 5.52 Å². The van der Waals surface area contributed by atoms with Crippen LogP contribution in [0.15, 0.2) is 47.4 Å². The Hall–Kier alpha value is -2.41. The van der Waals surface area contributed by atoms with Crippen molar-refractivity contribution in [3.05, 3.63) is 48.0 Å². The molecule has 0 aliphatic rings. The number of aromatic nitrogens is 3. The first kappa shape index (κ1) is 13.6. The lowest BCUT2D eigenvalue weighted by molar-refractivity contribution is 0.601. The molecule has 108 valence electrons. The molecule has 0 fully saturated rings. The average Bonchev–Trinajstić information content (AvgIpc) is 2.82. The number of fused-ring (bicyclic) bond motifs is 1. The molecule has 0 atom stereocenters. The molecule has 1 N–H and O–H groups in total. The highest BCUT2D eigenvalue weighted by atomic mass is 32.2. The molecule has 3 aromatic rings. The van der Waals surface area contributed by atoms with Crippen LogP contribution in [0.1, 0.15) is 5.56 Å². The molecule has 3 rings (SSSR count). The van der Waals surface area contributed by atoms with Crippen molar-refractivity contribution in [2.24, 2.45) is 7.05 Å². The lowest BCUT2D eigenvalue weighted by Crippen LogP contribution is -2.13. The summed E-state index contributed by atoms with van der Waals surface area (Å²) in [6.07, 6.45) is 0. The fourth-order valence-corrected chi connectivity index (χ4v) is 3.13. The van der Waals surface area contributed by atoms with Gasteiger partial charge in [0.05, 0.1) is 16.1 Å². The van der Waals surface area contributed by atoms with Crippen molar-refractivity contribution >= 4 is 26.7 Å². The molecule has 0 amide bonds. The van der Waals surface area contributed by atoms with E-state index in [1.54, 1.807) is 48.1 Å². The Kier molecular flexibility index (Phi) is 3.13. The number of nitrogens with one attached hydrogen (secondary N) is 1. The maximum Gasteiger partial charge on any atom is 0.261 e. The minimum absolute atomic E-state index is 0.217. The van der Waals surface area contributed by atoms with Gasteiger partial charge in [0, 0.05) is 7.05 Å². The van der Waals surface area contributed by atoms with E-state index >= 15 is 0 Å². The molecule has 21 heavy (non-hydrogen) atoms. The standard InChI is InChI=1S/C14H14N4O2S/c1-10-6-8-11(9-7-10)21(19,20)16-12-4-3-5-13-14(12)15-17-18(13)2/h3-9,16H,1-2H3. The van der Waals surface area contributed by atoms with Crippen LogP contribution in [0.4, 0.5) is 5.69 Å². The Morgan fingerprint density at radius 1 is 1.10 bits per heavy atom. The molecule has 0 radical (unpaired) electrons. The highest BCUT2D eigenvalue weighted by Gasteiger charge is 2.16. The van der Waals surface area contributed by atoms with Crippen LogP contribution < -0.4 is 4.72 Å². The molecule has 2 aromatic carbocycles. The van der Waals surface area contributed by atoms with Gasteiger partial charge in [-0.05, 0) is 31.2 Å². The summed E-state index contributed by atoms with van der Waals surface area (Å²) in [6.45, 7) is 1.91. The monoisotopic (exact) mass is 302 g/mol. The summed E-state index contributed by atoms with van der Waals surface area (Å²) in [5.74, 6) is 0. The first-order valence-corrected chi connectivity index (χ1v) is 7.83. The number of hydrogen-bond acceptors (Lipinski definition) is 4. The van der Waals surface area contributed by atoms with Crippen LogP contribution in [-0.4, -0.2) is 23.4 Å². The highest BCUT2D eigenvalue weighted by Crippen LogP contribution is 2.23. The van der Waals surface area contributed by atoms with Gasteiger partial charge in [-0.15, -0.1) is 5.10 Å². The van der Waals surface area contributed by atoms with Crippen LogP contribution in [-0.2, 0) is 17.1 Å². The van der Waals surface area contributed by atoms with Crippen molar-refractivity contribution in [1.29, 1.82) is 0 Å². The summed E-state index contributed by atoms with van der Waals surface area (Å²) in [5.41, 5.74) is 2.71. The van der Waals surface area contributed by atoms with Crippen molar-refractivity contribution < 1.29 is 8.42 Å². The van der Waals surface area contributed by atoms with Gasteiger partial charge < -0.3 is 0 Å². The third-order valence-electron chi connectivity index (χ3n) is 3.22. The maximum absolute atomic E-state index is 12.4. The highest BCUT2D eigenvalue weighted by molar-refractivity contribution is 7.92. The van der Waals surface area contributed by atoms with Gasteiger partial charge in [-0.1, -0.05) is 29.0 Å². The molecule has 1 heterocycles. The van der Waals surface area contributed by atoms with Gasteiger partial charge in [0.2, 0.25) is 0 Å². The van der Waals surface area contributed by atoms with E-state index in [1.807, 2.05) is 13.0 Å². The molecule has 6 nitrogen and oxygen atoms in total. The van der Waals surface area contributed by atoms with Gasteiger partial charge in [-0.3, -0.25) is 4.72 Å². The first-order chi connectivity index (χ1) is 9.97. The van der Waals surface area contributed by atoms with Crippen LogP contribution in [0.3, 0.4) is 0 Å². The molecule has 0 bridgehead atoms. The topological polar surface area (TPSA) is 76.9 Å². The van der Waals surface area contributed by atoms with Crippen LogP contribution in [0.25, 0.3) is 11.0 Å². The molecular weight excluding hydrogens is 288 g/mol. The third-order valence-corrected chi connectivity index (χ3v) is 4.60. The maximum atomic E-state index is 12.4. The number of benzene rings is 2. The van der Waals surface area contributed by atoms with Crippen molar-refractivity contribution in [3.63, 3.8) is 0 Å². The lowest BCUT2D eigenvalue weighted by atomic mass is 10.2. The second-order valence-corrected chi connectivity index (χ2v) is 6.49. The Balaban J connectivity index is 2.03. The number of hydrogen-bond donors (Lipinski definition) is 1. The Bertz CT molecular complexity index is 898. The van der Waals surface area contributed by atoms with Gasteiger partial charge in [-0.2, -0.15) is 0 Å². The average molecular weight is 302 g/mol. The summed E-state index contributed by atoms with van der Waals surface area (Å²) in [5, 5.41) is 7.90. The Morgan fingerprint density at radius 2 is 1.81 bits per heavy atom. The SMILES string of the molecule is Cc1ccc(S(=O)(=O)Nc2cccc3c2nnn3C)cc1. The molecular formula is C14H14N4O2S. The molecule has 7 heteroatoms. The summed E-state index contributed by atoms with van der Waals surface area (Å²) >= 11 is 0. The minimum Gasteiger partial charge on any atom is -0.277 e. The summed E-state index contributed by atoms with van der Waals surface area (Å²) < 4.78 is 29.0. The third kappa shape index (κ3) is 2.47. The summed E-state index contributed by atoms with van der Waals surface area (Å²) in [4.78, 5) is 0.217. The van der Waals surface area contributed by atoms with Crippen molar-refractivity contribution in [3.8, 4) is 0 Å². The quantitative estimate of drug-likeness (QED) is 0.803. The normalized spacial score (nSPS) is 11.7. The van der Waals surface area contributed by atoms with Crippen LogP contribution >= 0.6 is 0 Å².